The minimum atomic E-state index is -3.95. The average molecular weight is 639 g/mol. The molecule has 43 heavy (non-hydrogen) atoms. The third-order valence-corrected chi connectivity index (χ3v) is 10.3. The molecule has 0 aromatic carbocycles. The van der Waals surface area contributed by atoms with Gasteiger partial charge in [-0.1, -0.05) is 20.8 Å². The van der Waals surface area contributed by atoms with Crippen LogP contribution in [0.4, 0.5) is 0 Å². The van der Waals surface area contributed by atoms with E-state index in [1.807, 2.05) is 6.92 Å². The van der Waals surface area contributed by atoms with Gasteiger partial charge in [0.05, 0.1) is 35.6 Å². The zero-order chi connectivity index (χ0) is 31.7. The smallest absolute Gasteiger partial charge is 0.258 e. The van der Waals surface area contributed by atoms with E-state index in [4.69, 9.17) is 10.2 Å². The number of hydrogen-bond acceptors (Lipinski definition) is 11. The van der Waals surface area contributed by atoms with Gasteiger partial charge in [-0.2, -0.15) is 14.9 Å². The Morgan fingerprint density at radius 2 is 1.42 bits per heavy atom. The van der Waals surface area contributed by atoms with Gasteiger partial charge in [0.1, 0.15) is 0 Å². The Labute approximate surface area is 249 Å². The van der Waals surface area contributed by atoms with E-state index in [1.165, 1.54) is 13.1 Å². The highest BCUT2D eigenvalue weighted by atomic mass is 32.2. The number of nitrogens with zero attached hydrogens (tertiary/aromatic N) is 4. The molecule has 17 heteroatoms. The first-order valence-corrected chi connectivity index (χ1v) is 16.5. The highest BCUT2D eigenvalue weighted by molar-refractivity contribution is 7.90. The molecule has 0 aliphatic heterocycles. The minimum absolute atomic E-state index is 0.0114. The molecule has 4 aromatic heterocycles. The van der Waals surface area contributed by atoms with Gasteiger partial charge in [-0.25, -0.2) is 31.5 Å². The van der Waals surface area contributed by atoms with E-state index in [9.17, 15) is 21.9 Å². The predicted octanol–water partition coefficient (Wildman–Crippen LogP) is 0.793. The summed E-state index contributed by atoms with van der Waals surface area (Å²) in [5, 5.41) is 41.8. The van der Waals surface area contributed by atoms with Gasteiger partial charge in [0.25, 0.3) is 20.0 Å². The van der Waals surface area contributed by atoms with Crippen LogP contribution in [-0.4, -0.2) is 93.9 Å². The first-order valence-electron chi connectivity index (χ1n) is 13.5. The number of aliphatic hydroxyl groups is 3. The van der Waals surface area contributed by atoms with Gasteiger partial charge < -0.3 is 15.3 Å². The van der Waals surface area contributed by atoms with E-state index < -0.39 is 44.9 Å². The van der Waals surface area contributed by atoms with Crippen molar-refractivity contribution in [3.8, 4) is 0 Å². The van der Waals surface area contributed by atoms with Crippen LogP contribution in [0.3, 0.4) is 0 Å². The van der Waals surface area contributed by atoms with Crippen molar-refractivity contribution in [2.75, 3.05) is 19.8 Å². The molecule has 0 amide bonds. The fourth-order valence-corrected chi connectivity index (χ4v) is 8.40. The Kier molecular flexibility index (Phi) is 9.28. The van der Waals surface area contributed by atoms with Crippen LogP contribution in [0.25, 0.3) is 22.1 Å². The quantitative estimate of drug-likeness (QED) is 0.135. The third-order valence-electron chi connectivity index (χ3n) is 7.32. The van der Waals surface area contributed by atoms with Crippen LogP contribution in [0.15, 0.2) is 46.7 Å². The van der Waals surface area contributed by atoms with Crippen molar-refractivity contribution >= 4 is 42.1 Å². The van der Waals surface area contributed by atoms with Gasteiger partial charge in [0.15, 0.2) is 21.3 Å². The monoisotopic (exact) mass is 638 g/mol. The number of H-pyrrole nitrogens is 2. The molecule has 1 aliphatic rings. The average Bonchev–Trinajstić information content (AvgIpc) is 3.56. The molecule has 2 unspecified atom stereocenters. The lowest BCUT2D eigenvalue weighted by Gasteiger charge is -2.45. The van der Waals surface area contributed by atoms with Gasteiger partial charge in [-0.05, 0) is 61.3 Å². The summed E-state index contributed by atoms with van der Waals surface area (Å²) in [4.78, 5) is 7.96. The molecular weight excluding hydrogens is 600 g/mol. The molecule has 4 heterocycles. The van der Waals surface area contributed by atoms with Gasteiger partial charge in [-0.15, -0.1) is 0 Å². The fourth-order valence-electron chi connectivity index (χ4n) is 5.61. The Balaban J connectivity index is 0.000000203. The molecule has 1 saturated carbocycles. The summed E-state index contributed by atoms with van der Waals surface area (Å²) in [6.45, 7) is 6.83. The Hall–Kier alpha value is -3.06. The number of sulfonamides is 2. The van der Waals surface area contributed by atoms with Crippen molar-refractivity contribution in [1.29, 1.82) is 0 Å². The molecule has 5 rings (SSSR count). The number of hydrogen-bond donors (Lipinski definition) is 7. The van der Waals surface area contributed by atoms with Crippen LogP contribution in [0.2, 0.25) is 0 Å². The second kappa shape index (κ2) is 12.1. The number of rotatable bonds is 9. The summed E-state index contributed by atoms with van der Waals surface area (Å²) >= 11 is 0. The van der Waals surface area contributed by atoms with Crippen molar-refractivity contribution in [2.45, 2.75) is 68.7 Å². The number of fused-ring (bicyclic) bond motifs is 2. The van der Waals surface area contributed by atoms with Gasteiger partial charge >= 0.3 is 0 Å². The SMILES string of the molecule is CC(CO)(CO)NS(=O)(=O)c1[nH]nc2ncccc12.CC1(C)CC(O)CC(C)(CNS(=O)(=O)c2[nH]nc3ncccc23)C1. The lowest BCUT2D eigenvalue weighted by atomic mass is 9.63. The fraction of sp³-hybridized carbons (Fsp3) is 0.538. The van der Waals surface area contributed by atoms with Crippen molar-refractivity contribution < 1.29 is 32.2 Å². The molecule has 0 saturated heterocycles. The zero-order valence-electron chi connectivity index (χ0n) is 24.4. The summed E-state index contributed by atoms with van der Waals surface area (Å²) in [7, 11) is -7.68. The standard InChI is InChI=1S/C16H24N4O3S.C10H14N4O4S/c1-15(2)7-11(21)8-16(3,9-15)10-18-24(22,23)14-12-5-4-6-17-13(12)19-20-14;1-10(5-15,6-16)14-19(17,18)9-7-3-2-4-11-8(7)12-13-9/h4-6,11,18,21H,7-10H2,1-3H3,(H,17,19,20);2-4,14-16H,5-6H2,1H3,(H,11,12,13). The van der Waals surface area contributed by atoms with E-state index in [0.717, 1.165) is 12.8 Å². The first-order chi connectivity index (χ1) is 20.0. The van der Waals surface area contributed by atoms with Gasteiger partial charge in [0.2, 0.25) is 0 Å². The molecule has 15 nitrogen and oxygen atoms in total. The van der Waals surface area contributed by atoms with Crippen molar-refractivity contribution in [3.63, 3.8) is 0 Å². The Bertz CT molecular complexity index is 1780. The maximum absolute atomic E-state index is 12.7. The lowest BCUT2D eigenvalue weighted by molar-refractivity contribution is -0.00657. The summed E-state index contributed by atoms with van der Waals surface area (Å²) in [6, 6.07) is 6.51. The Morgan fingerprint density at radius 1 is 0.907 bits per heavy atom. The van der Waals surface area contributed by atoms with Crippen molar-refractivity contribution in [3.05, 3.63) is 36.7 Å². The molecule has 0 radical (unpaired) electrons. The molecule has 0 bridgehead atoms. The van der Waals surface area contributed by atoms with Crippen molar-refractivity contribution in [1.82, 2.24) is 39.8 Å². The lowest BCUT2D eigenvalue weighted by Crippen LogP contribution is -2.51. The second-order valence-corrected chi connectivity index (χ2v) is 15.7. The molecule has 0 spiro atoms. The van der Waals surface area contributed by atoms with Crippen LogP contribution in [0.5, 0.6) is 0 Å². The van der Waals surface area contributed by atoms with Crippen molar-refractivity contribution in [2.24, 2.45) is 10.8 Å². The van der Waals surface area contributed by atoms with Crippen LogP contribution >= 0.6 is 0 Å². The highest BCUT2D eigenvalue weighted by Gasteiger charge is 2.41. The van der Waals surface area contributed by atoms with E-state index >= 15 is 0 Å². The first kappa shape index (κ1) is 32.8. The minimum Gasteiger partial charge on any atom is -0.394 e. The van der Waals surface area contributed by atoms with Gasteiger partial charge in [0, 0.05) is 18.9 Å². The van der Waals surface area contributed by atoms with E-state index in [0.29, 0.717) is 22.8 Å². The maximum Gasteiger partial charge on any atom is 0.258 e. The number of aromatic amines is 2. The normalized spacial score (nSPS) is 21.0. The molecule has 236 valence electrons. The van der Waals surface area contributed by atoms with E-state index in [-0.39, 0.29) is 33.1 Å². The summed E-state index contributed by atoms with van der Waals surface area (Å²) in [5.74, 6) is 0. The van der Waals surface area contributed by atoms with Crippen LogP contribution in [-0.2, 0) is 20.0 Å². The number of aliphatic hydroxyl groups excluding tert-OH is 3. The molecule has 1 fully saturated rings. The molecule has 4 aromatic rings. The number of nitrogens with one attached hydrogen (secondary N) is 4. The molecular formula is C26H38N8O7S2. The molecule has 2 atom stereocenters. The molecule has 7 N–H and O–H groups in total. The third kappa shape index (κ3) is 7.54. The second-order valence-electron chi connectivity index (χ2n) is 12.4. The topological polar surface area (TPSA) is 236 Å². The maximum atomic E-state index is 12.7. The number of aromatic nitrogens is 6. The zero-order valence-corrected chi connectivity index (χ0v) is 26.0. The highest BCUT2D eigenvalue weighted by Crippen LogP contribution is 2.45. The number of pyridine rings is 2. The predicted molar refractivity (Wildman–Crippen MR) is 158 cm³/mol. The van der Waals surface area contributed by atoms with Crippen LogP contribution in [0.1, 0.15) is 47.0 Å². The summed E-state index contributed by atoms with van der Waals surface area (Å²) in [5.41, 5.74) is -1.00. The van der Waals surface area contributed by atoms with Crippen LogP contribution < -0.4 is 9.44 Å². The Morgan fingerprint density at radius 3 is 1.91 bits per heavy atom. The van der Waals surface area contributed by atoms with Gasteiger partial charge in [-0.3, -0.25) is 10.2 Å². The largest absolute Gasteiger partial charge is 0.394 e. The summed E-state index contributed by atoms with van der Waals surface area (Å²) < 4.78 is 54.7. The van der Waals surface area contributed by atoms with E-state index in [1.54, 1.807) is 30.5 Å². The van der Waals surface area contributed by atoms with E-state index in [2.05, 4.69) is 53.7 Å². The van der Waals surface area contributed by atoms with Crippen LogP contribution in [0, 0.1) is 10.8 Å². The molecule has 1 aliphatic carbocycles. The summed E-state index contributed by atoms with van der Waals surface area (Å²) in [6.07, 6.45) is 4.85.